The zero-order chi connectivity index (χ0) is 14.4. The lowest BCUT2D eigenvalue weighted by molar-refractivity contribution is 0.166. The maximum atomic E-state index is 11.7. The number of nitrogens with one attached hydrogen (secondary N) is 2. The highest BCUT2D eigenvalue weighted by atomic mass is 16.3. The topological polar surface area (TPSA) is 74.5 Å². The second-order valence-electron chi connectivity index (χ2n) is 4.56. The van der Waals surface area contributed by atoms with Gasteiger partial charge in [0.05, 0.1) is 18.6 Å². The van der Waals surface area contributed by atoms with Crippen molar-refractivity contribution in [3.63, 3.8) is 0 Å². The first kappa shape index (κ1) is 14.1. The Morgan fingerprint density at radius 2 is 2.15 bits per heavy atom. The van der Waals surface area contributed by atoms with Gasteiger partial charge >= 0.3 is 6.03 Å². The van der Waals surface area contributed by atoms with Crippen molar-refractivity contribution in [3.8, 4) is 0 Å². The van der Waals surface area contributed by atoms with Crippen LogP contribution in [0.5, 0.6) is 0 Å². The van der Waals surface area contributed by atoms with Crippen LogP contribution in [0.1, 0.15) is 23.7 Å². The fourth-order valence-corrected chi connectivity index (χ4v) is 1.83. The highest BCUT2D eigenvalue weighted by Crippen LogP contribution is 2.16. The molecule has 20 heavy (non-hydrogen) atoms. The standard InChI is InChI=1S/C15H18N2O3/c1-11-4-2-3-5-13(11)17-15(19)16-8-6-14(18)12-7-9-20-10-12/h2-5,7,9-10,14,18H,6,8H2,1H3,(H2,16,17,19)/t14-/m0/s1. The van der Waals surface area contributed by atoms with Crippen molar-refractivity contribution >= 4 is 11.7 Å². The van der Waals surface area contributed by atoms with Crippen molar-refractivity contribution < 1.29 is 14.3 Å². The van der Waals surface area contributed by atoms with Crippen LogP contribution < -0.4 is 10.6 Å². The van der Waals surface area contributed by atoms with E-state index in [0.29, 0.717) is 18.5 Å². The molecule has 2 amide bonds. The van der Waals surface area contributed by atoms with Crippen molar-refractivity contribution in [1.82, 2.24) is 5.32 Å². The number of urea groups is 1. The summed E-state index contributed by atoms with van der Waals surface area (Å²) in [6.07, 6.45) is 2.81. The van der Waals surface area contributed by atoms with E-state index in [1.54, 1.807) is 6.07 Å². The average molecular weight is 274 g/mol. The first-order chi connectivity index (χ1) is 9.66. The van der Waals surface area contributed by atoms with Crippen molar-refractivity contribution in [2.45, 2.75) is 19.4 Å². The molecular weight excluding hydrogens is 256 g/mol. The van der Waals surface area contributed by atoms with Gasteiger partial charge in [0.1, 0.15) is 0 Å². The van der Waals surface area contributed by atoms with Gasteiger partial charge in [-0.2, -0.15) is 0 Å². The predicted molar refractivity (Wildman–Crippen MR) is 76.5 cm³/mol. The number of hydrogen-bond acceptors (Lipinski definition) is 3. The maximum Gasteiger partial charge on any atom is 0.319 e. The summed E-state index contributed by atoms with van der Waals surface area (Å²) >= 11 is 0. The summed E-state index contributed by atoms with van der Waals surface area (Å²) in [5.41, 5.74) is 2.49. The Balaban J connectivity index is 1.74. The molecule has 2 aromatic rings. The normalized spacial score (nSPS) is 11.9. The third-order valence-electron chi connectivity index (χ3n) is 3.02. The zero-order valence-corrected chi connectivity index (χ0v) is 11.3. The first-order valence-corrected chi connectivity index (χ1v) is 6.47. The number of benzene rings is 1. The van der Waals surface area contributed by atoms with Crippen LogP contribution in [0, 0.1) is 6.92 Å². The van der Waals surface area contributed by atoms with Gasteiger partial charge in [-0.05, 0) is 31.0 Å². The smallest absolute Gasteiger partial charge is 0.319 e. The minimum atomic E-state index is -0.632. The summed E-state index contributed by atoms with van der Waals surface area (Å²) in [4.78, 5) is 11.7. The average Bonchev–Trinajstić information content (AvgIpc) is 2.95. The van der Waals surface area contributed by atoms with Crippen LogP contribution in [-0.2, 0) is 0 Å². The number of aliphatic hydroxyl groups excluding tert-OH is 1. The van der Waals surface area contributed by atoms with E-state index in [2.05, 4.69) is 10.6 Å². The number of carbonyl (C=O) groups is 1. The molecule has 0 saturated heterocycles. The van der Waals surface area contributed by atoms with Crippen LogP contribution in [0.25, 0.3) is 0 Å². The zero-order valence-electron chi connectivity index (χ0n) is 11.3. The van der Waals surface area contributed by atoms with E-state index < -0.39 is 6.10 Å². The number of aliphatic hydroxyl groups is 1. The van der Waals surface area contributed by atoms with Gasteiger partial charge < -0.3 is 20.2 Å². The van der Waals surface area contributed by atoms with Gasteiger partial charge in [0, 0.05) is 17.8 Å². The van der Waals surface area contributed by atoms with Gasteiger partial charge in [-0.3, -0.25) is 0 Å². The number of amides is 2. The SMILES string of the molecule is Cc1ccccc1NC(=O)NCC[C@H](O)c1ccoc1. The van der Waals surface area contributed by atoms with E-state index in [1.165, 1.54) is 12.5 Å². The van der Waals surface area contributed by atoms with Crippen LogP contribution in [-0.4, -0.2) is 17.7 Å². The summed E-state index contributed by atoms with van der Waals surface area (Å²) in [6.45, 7) is 2.31. The van der Waals surface area contributed by atoms with Crippen LogP contribution in [0.15, 0.2) is 47.3 Å². The Morgan fingerprint density at radius 1 is 1.35 bits per heavy atom. The Labute approximate surface area is 117 Å². The van der Waals surface area contributed by atoms with E-state index >= 15 is 0 Å². The molecule has 3 N–H and O–H groups in total. The van der Waals surface area contributed by atoms with E-state index in [4.69, 9.17) is 4.42 Å². The third kappa shape index (κ3) is 3.86. The molecule has 0 spiro atoms. The predicted octanol–water partition coefficient (Wildman–Crippen LogP) is 2.83. The number of rotatable bonds is 5. The molecule has 106 valence electrons. The van der Waals surface area contributed by atoms with E-state index in [1.807, 2.05) is 31.2 Å². The molecule has 0 fully saturated rings. The molecule has 0 aliphatic rings. The summed E-state index contributed by atoms with van der Waals surface area (Å²) in [6, 6.07) is 8.98. The van der Waals surface area contributed by atoms with Gasteiger partial charge in [0.2, 0.25) is 0 Å². The van der Waals surface area contributed by atoms with E-state index in [9.17, 15) is 9.90 Å². The number of anilines is 1. The van der Waals surface area contributed by atoms with Crippen LogP contribution >= 0.6 is 0 Å². The molecule has 1 aromatic carbocycles. The molecular formula is C15H18N2O3. The molecule has 1 atom stereocenters. The monoisotopic (exact) mass is 274 g/mol. The molecule has 0 unspecified atom stereocenters. The fourth-order valence-electron chi connectivity index (χ4n) is 1.83. The van der Waals surface area contributed by atoms with Gasteiger partial charge in [0.25, 0.3) is 0 Å². The lowest BCUT2D eigenvalue weighted by Crippen LogP contribution is -2.30. The number of furan rings is 1. The second kappa shape index (κ2) is 6.77. The number of hydrogen-bond donors (Lipinski definition) is 3. The molecule has 2 rings (SSSR count). The minimum Gasteiger partial charge on any atom is -0.472 e. The summed E-state index contributed by atoms with van der Waals surface area (Å²) in [7, 11) is 0. The first-order valence-electron chi connectivity index (χ1n) is 6.47. The lowest BCUT2D eigenvalue weighted by atomic mass is 10.1. The van der Waals surface area contributed by atoms with Gasteiger partial charge in [-0.15, -0.1) is 0 Å². The summed E-state index contributed by atoms with van der Waals surface area (Å²) < 4.78 is 4.90. The molecule has 1 heterocycles. The van der Waals surface area contributed by atoms with Crippen LogP contribution in [0.3, 0.4) is 0 Å². The lowest BCUT2D eigenvalue weighted by Gasteiger charge is -2.11. The minimum absolute atomic E-state index is 0.279. The number of aryl methyl sites for hydroxylation is 1. The number of para-hydroxylation sites is 1. The van der Waals surface area contributed by atoms with E-state index in [0.717, 1.165) is 11.3 Å². The Kier molecular flexibility index (Phi) is 4.79. The molecule has 1 aromatic heterocycles. The largest absolute Gasteiger partial charge is 0.472 e. The fraction of sp³-hybridized carbons (Fsp3) is 0.267. The van der Waals surface area contributed by atoms with Gasteiger partial charge in [0.15, 0.2) is 0 Å². The third-order valence-corrected chi connectivity index (χ3v) is 3.02. The van der Waals surface area contributed by atoms with Crippen molar-refractivity contribution in [2.24, 2.45) is 0 Å². The molecule has 0 saturated carbocycles. The maximum absolute atomic E-state index is 11.7. The molecule has 0 radical (unpaired) electrons. The van der Waals surface area contributed by atoms with Crippen molar-refractivity contribution in [2.75, 3.05) is 11.9 Å². The van der Waals surface area contributed by atoms with Crippen molar-refractivity contribution in [1.29, 1.82) is 0 Å². The molecule has 0 aliphatic heterocycles. The Morgan fingerprint density at radius 3 is 2.85 bits per heavy atom. The highest BCUT2D eigenvalue weighted by Gasteiger charge is 2.09. The highest BCUT2D eigenvalue weighted by molar-refractivity contribution is 5.89. The molecule has 5 heteroatoms. The van der Waals surface area contributed by atoms with Crippen LogP contribution in [0.2, 0.25) is 0 Å². The quantitative estimate of drug-likeness (QED) is 0.784. The Hall–Kier alpha value is -2.27. The van der Waals surface area contributed by atoms with E-state index in [-0.39, 0.29) is 6.03 Å². The summed E-state index contributed by atoms with van der Waals surface area (Å²) in [5, 5.41) is 15.3. The Bertz CT molecular complexity index is 552. The molecule has 0 bridgehead atoms. The van der Waals surface area contributed by atoms with Crippen molar-refractivity contribution in [3.05, 3.63) is 54.0 Å². The molecule has 5 nitrogen and oxygen atoms in total. The van der Waals surface area contributed by atoms with Gasteiger partial charge in [-0.1, -0.05) is 18.2 Å². The number of carbonyl (C=O) groups excluding carboxylic acids is 1. The molecule has 0 aliphatic carbocycles. The van der Waals surface area contributed by atoms with Gasteiger partial charge in [-0.25, -0.2) is 4.79 Å². The second-order valence-corrected chi connectivity index (χ2v) is 4.56. The summed E-state index contributed by atoms with van der Waals surface area (Å²) in [5.74, 6) is 0. The van der Waals surface area contributed by atoms with Crippen LogP contribution in [0.4, 0.5) is 10.5 Å².